The van der Waals surface area contributed by atoms with Crippen molar-refractivity contribution in [3.8, 4) is 0 Å². The molecule has 0 saturated heterocycles. The quantitative estimate of drug-likeness (QED) is 0.630. The van der Waals surface area contributed by atoms with Crippen LogP contribution in [0, 0.1) is 5.82 Å². The summed E-state index contributed by atoms with van der Waals surface area (Å²) in [5, 5.41) is 8.68. The Morgan fingerprint density at radius 2 is 2.16 bits per heavy atom. The van der Waals surface area contributed by atoms with Gasteiger partial charge in [-0.15, -0.1) is 6.58 Å². The first-order valence-corrected chi connectivity index (χ1v) is 5.58. The maximum Gasteiger partial charge on any atom is 0.323 e. The van der Waals surface area contributed by atoms with Gasteiger partial charge in [0.05, 0.1) is 0 Å². The number of aliphatic carboxylic acids is 1. The van der Waals surface area contributed by atoms with Gasteiger partial charge in [0.2, 0.25) is 5.91 Å². The topological polar surface area (TPSA) is 57.6 Å². The number of hydrogen-bond donors (Lipinski definition) is 1. The van der Waals surface area contributed by atoms with Gasteiger partial charge in [0, 0.05) is 12.6 Å². The van der Waals surface area contributed by atoms with Crippen LogP contribution >= 0.6 is 0 Å². The fourth-order valence-corrected chi connectivity index (χ4v) is 1.43. The number of nitrogens with zero attached hydrogens (tertiary/aromatic N) is 1. The fourth-order valence-electron chi connectivity index (χ4n) is 1.43. The number of carboxylic acids is 1. The van der Waals surface area contributed by atoms with Crippen molar-refractivity contribution in [1.29, 1.82) is 0 Å². The third-order valence-electron chi connectivity index (χ3n) is 2.25. The zero-order chi connectivity index (χ0) is 14.3. The minimum absolute atomic E-state index is 0.138. The number of carboxylic acid groups (broad SMARTS) is 1. The molecule has 0 aliphatic carbocycles. The SMILES string of the molecule is C=CCN(CC(=O)O)C(=O)C=Cc1cccc(F)c1. The van der Waals surface area contributed by atoms with E-state index < -0.39 is 24.2 Å². The van der Waals surface area contributed by atoms with E-state index in [-0.39, 0.29) is 6.54 Å². The molecule has 0 radical (unpaired) electrons. The van der Waals surface area contributed by atoms with Crippen LogP contribution in [-0.2, 0) is 9.59 Å². The monoisotopic (exact) mass is 263 g/mol. The molecular formula is C14H14FNO3. The number of benzene rings is 1. The first-order chi connectivity index (χ1) is 9.02. The second kappa shape index (κ2) is 7.10. The summed E-state index contributed by atoms with van der Waals surface area (Å²) in [5.41, 5.74) is 0.530. The molecule has 0 spiro atoms. The highest BCUT2D eigenvalue weighted by Crippen LogP contribution is 2.06. The molecule has 1 N–H and O–H groups in total. The van der Waals surface area contributed by atoms with Gasteiger partial charge in [-0.1, -0.05) is 18.2 Å². The molecule has 0 fully saturated rings. The van der Waals surface area contributed by atoms with Crippen LogP contribution in [0.2, 0.25) is 0 Å². The van der Waals surface area contributed by atoms with Crippen LogP contribution in [0.3, 0.4) is 0 Å². The minimum Gasteiger partial charge on any atom is -0.480 e. The van der Waals surface area contributed by atoms with E-state index in [9.17, 15) is 14.0 Å². The maximum absolute atomic E-state index is 12.9. The van der Waals surface area contributed by atoms with E-state index in [4.69, 9.17) is 5.11 Å². The van der Waals surface area contributed by atoms with Crippen LogP contribution in [0.5, 0.6) is 0 Å². The minimum atomic E-state index is -1.10. The summed E-state index contributed by atoms with van der Waals surface area (Å²) in [5.74, 6) is -1.97. The summed E-state index contributed by atoms with van der Waals surface area (Å²) >= 11 is 0. The van der Waals surface area contributed by atoms with E-state index in [2.05, 4.69) is 6.58 Å². The zero-order valence-electron chi connectivity index (χ0n) is 10.3. The Morgan fingerprint density at radius 3 is 2.74 bits per heavy atom. The van der Waals surface area contributed by atoms with Gasteiger partial charge in [-0.3, -0.25) is 9.59 Å². The first-order valence-electron chi connectivity index (χ1n) is 5.58. The van der Waals surface area contributed by atoms with Crippen LogP contribution < -0.4 is 0 Å². The van der Waals surface area contributed by atoms with E-state index in [1.807, 2.05) is 0 Å². The second-order valence-corrected chi connectivity index (χ2v) is 3.79. The highest BCUT2D eigenvalue weighted by molar-refractivity contribution is 5.93. The molecule has 1 amide bonds. The summed E-state index contributed by atoms with van der Waals surface area (Å²) in [6.45, 7) is 3.19. The van der Waals surface area contributed by atoms with E-state index in [1.165, 1.54) is 36.4 Å². The van der Waals surface area contributed by atoms with E-state index >= 15 is 0 Å². The zero-order valence-corrected chi connectivity index (χ0v) is 10.3. The Hall–Kier alpha value is -2.43. The summed E-state index contributed by atoms with van der Waals surface area (Å²) in [4.78, 5) is 23.5. The molecule has 1 rings (SSSR count). The van der Waals surface area contributed by atoms with E-state index in [0.717, 1.165) is 4.90 Å². The molecule has 0 heterocycles. The van der Waals surface area contributed by atoms with Gasteiger partial charge in [-0.05, 0) is 23.8 Å². The van der Waals surface area contributed by atoms with Crippen molar-refractivity contribution >= 4 is 18.0 Å². The lowest BCUT2D eigenvalue weighted by Gasteiger charge is -2.16. The van der Waals surface area contributed by atoms with Crippen LogP contribution in [0.4, 0.5) is 4.39 Å². The van der Waals surface area contributed by atoms with Crippen LogP contribution in [0.25, 0.3) is 6.08 Å². The van der Waals surface area contributed by atoms with Crippen molar-refractivity contribution in [2.24, 2.45) is 0 Å². The molecule has 4 nitrogen and oxygen atoms in total. The Kier molecular flexibility index (Phi) is 5.47. The Balaban J connectivity index is 2.75. The number of amides is 1. The molecule has 0 aliphatic rings. The highest BCUT2D eigenvalue weighted by atomic mass is 19.1. The Bertz CT molecular complexity index is 511. The standard InChI is InChI=1S/C14H14FNO3/c1-2-8-16(10-14(18)19)13(17)7-6-11-4-3-5-12(15)9-11/h2-7,9H,1,8,10H2,(H,18,19). The summed E-state index contributed by atoms with van der Waals surface area (Å²) in [6.07, 6.45) is 4.08. The number of carbonyl (C=O) groups excluding carboxylic acids is 1. The molecular weight excluding hydrogens is 249 g/mol. The molecule has 19 heavy (non-hydrogen) atoms. The summed E-state index contributed by atoms with van der Waals surface area (Å²) < 4.78 is 12.9. The maximum atomic E-state index is 12.9. The van der Waals surface area contributed by atoms with Crippen LogP contribution in [-0.4, -0.2) is 35.0 Å². The van der Waals surface area contributed by atoms with Gasteiger partial charge in [0.25, 0.3) is 0 Å². The number of rotatable bonds is 6. The largest absolute Gasteiger partial charge is 0.480 e. The average Bonchev–Trinajstić information content (AvgIpc) is 2.35. The van der Waals surface area contributed by atoms with Gasteiger partial charge in [-0.25, -0.2) is 4.39 Å². The molecule has 1 aromatic carbocycles. The lowest BCUT2D eigenvalue weighted by atomic mass is 10.2. The molecule has 1 aromatic rings. The first kappa shape index (κ1) is 14.6. The number of halogens is 1. The lowest BCUT2D eigenvalue weighted by Crippen LogP contribution is -2.34. The van der Waals surface area contributed by atoms with E-state index in [0.29, 0.717) is 5.56 Å². The molecule has 0 atom stereocenters. The fraction of sp³-hybridized carbons (Fsp3) is 0.143. The average molecular weight is 263 g/mol. The Labute approximate surface area is 110 Å². The highest BCUT2D eigenvalue weighted by Gasteiger charge is 2.12. The third-order valence-corrected chi connectivity index (χ3v) is 2.25. The molecule has 5 heteroatoms. The van der Waals surface area contributed by atoms with Crippen molar-refractivity contribution in [3.63, 3.8) is 0 Å². The van der Waals surface area contributed by atoms with Crippen LogP contribution in [0.15, 0.2) is 43.0 Å². The molecule has 0 unspecified atom stereocenters. The molecule has 0 aromatic heterocycles. The van der Waals surface area contributed by atoms with E-state index in [1.54, 1.807) is 6.07 Å². The van der Waals surface area contributed by atoms with Gasteiger partial charge >= 0.3 is 5.97 Å². The number of hydrogen-bond acceptors (Lipinski definition) is 2. The van der Waals surface area contributed by atoms with Crippen molar-refractivity contribution in [3.05, 3.63) is 54.4 Å². The molecule has 100 valence electrons. The number of carbonyl (C=O) groups is 2. The van der Waals surface area contributed by atoms with Crippen LogP contribution in [0.1, 0.15) is 5.56 Å². The lowest BCUT2D eigenvalue weighted by molar-refractivity contribution is -0.142. The predicted octanol–water partition coefficient (Wildman–Crippen LogP) is 1.94. The molecule has 0 bridgehead atoms. The predicted molar refractivity (Wildman–Crippen MR) is 69.8 cm³/mol. The second-order valence-electron chi connectivity index (χ2n) is 3.79. The summed E-state index contributed by atoms with van der Waals surface area (Å²) in [7, 11) is 0. The van der Waals surface area contributed by atoms with Crippen molar-refractivity contribution in [2.45, 2.75) is 0 Å². The smallest absolute Gasteiger partial charge is 0.323 e. The summed E-state index contributed by atoms with van der Waals surface area (Å²) in [6, 6.07) is 5.74. The third kappa shape index (κ3) is 5.16. The van der Waals surface area contributed by atoms with Gasteiger partial charge in [0.1, 0.15) is 12.4 Å². The Morgan fingerprint density at radius 1 is 1.42 bits per heavy atom. The van der Waals surface area contributed by atoms with Gasteiger partial charge in [-0.2, -0.15) is 0 Å². The van der Waals surface area contributed by atoms with Gasteiger partial charge in [0.15, 0.2) is 0 Å². The van der Waals surface area contributed by atoms with Crippen molar-refractivity contribution in [2.75, 3.05) is 13.1 Å². The van der Waals surface area contributed by atoms with Crippen molar-refractivity contribution in [1.82, 2.24) is 4.90 Å². The normalized spacial score (nSPS) is 10.4. The molecule has 0 saturated carbocycles. The molecule has 0 aliphatic heterocycles. The van der Waals surface area contributed by atoms with Gasteiger partial charge < -0.3 is 10.0 Å². The van der Waals surface area contributed by atoms with Crippen molar-refractivity contribution < 1.29 is 19.1 Å².